The summed E-state index contributed by atoms with van der Waals surface area (Å²) in [5.41, 5.74) is 0.680. The summed E-state index contributed by atoms with van der Waals surface area (Å²) in [6.07, 6.45) is 1.06. The number of nitrogens with zero attached hydrogens (tertiary/aromatic N) is 1. The highest BCUT2D eigenvalue weighted by Crippen LogP contribution is 2.27. The van der Waals surface area contributed by atoms with E-state index in [1.807, 2.05) is 43.3 Å². The Kier molecular flexibility index (Phi) is 4.79. The van der Waals surface area contributed by atoms with Gasteiger partial charge in [0.1, 0.15) is 17.3 Å². The third-order valence-electron chi connectivity index (χ3n) is 4.22. The van der Waals surface area contributed by atoms with E-state index in [-0.39, 0.29) is 5.91 Å². The van der Waals surface area contributed by atoms with Gasteiger partial charge in [0.25, 0.3) is 5.91 Å². The van der Waals surface area contributed by atoms with Gasteiger partial charge in [-0.1, -0.05) is 5.16 Å². The predicted octanol–water partition coefficient (Wildman–Crippen LogP) is 2.84. The Balaban J connectivity index is 1.54. The second-order valence-electron chi connectivity index (χ2n) is 6.28. The molecule has 25 heavy (non-hydrogen) atoms. The number of ether oxygens (including phenoxy) is 1. The van der Waals surface area contributed by atoms with E-state index < -0.39 is 5.60 Å². The largest absolute Gasteiger partial charge is 0.497 e. The number of methoxy groups -OCH3 is 1. The number of hydrogen-bond donors (Lipinski definition) is 1. The first kappa shape index (κ1) is 17.1. The molecule has 1 amide bonds. The molecule has 132 valence electrons. The summed E-state index contributed by atoms with van der Waals surface area (Å²) < 4.78 is 10.6. The number of rotatable bonds is 6. The van der Waals surface area contributed by atoms with Crippen molar-refractivity contribution in [3.63, 3.8) is 0 Å². The van der Waals surface area contributed by atoms with Gasteiger partial charge < -0.3 is 19.3 Å². The van der Waals surface area contributed by atoms with Crippen molar-refractivity contribution < 1.29 is 18.8 Å². The van der Waals surface area contributed by atoms with E-state index in [1.165, 1.54) is 0 Å². The Morgan fingerprint density at radius 3 is 2.68 bits per heavy atom. The van der Waals surface area contributed by atoms with E-state index in [4.69, 9.17) is 14.0 Å². The molecule has 0 saturated carbocycles. The summed E-state index contributed by atoms with van der Waals surface area (Å²) in [5, 5.41) is 7.00. The first-order chi connectivity index (χ1) is 12.0. The molecule has 0 bridgehead atoms. The van der Waals surface area contributed by atoms with Gasteiger partial charge in [-0.05, 0) is 55.8 Å². The van der Waals surface area contributed by atoms with Crippen molar-refractivity contribution in [2.45, 2.75) is 32.3 Å². The molecule has 6 heteroatoms. The van der Waals surface area contributed by atoms with E-state index in [0.717, 1.165) is 28.5 Å². The van der Waals surface area contributed by atoms with Crippen LogP contribution in [-0.4, -0.2) is 30.9 Å². The summed E-state index contributed by atoms with van der Waals surface area (Å²) in [6, 6.07) is 11.4. The second kappa shape index (κ2) is 7.01. The summed E-state index contributed by atoms with van der Waals surface area (Å²) in [5.74, 6) is 2.32. The number of hydrogen-bond acceptors (Lipinski definition) is 5. The Bertz CT molecular complexity index is 779. The lowest BCUT2D eigenvalue weighted by Crippen LogP contribution is -2.45. The molecular weight excluding hydrogens is 320 g/mol. The zero-order valence-corrected chi connectivity index (χ0v) is 14.7. The van der Waals surface area contributed by atoms with Gasteiger partial charge in [0.05, 0.1) is 12.8 Å². The van der Waals surface area contributed by atoms with E-state index >= 15 is 0 Å². The molecule has 0 fully saturated rings. The number of oxime groups is 1. The van der Waals surface area contributed by atoms with Gasteiger partial charge in [0, 0.05) is 19.4 Å². The van der Waals surface area contributed by atoms with Crippen molar-refractivity contribution in [2.75, 3.05) is 13.7 Å². The molecule has 2 heterocycles. The van der Waals surface area contributed by atoms with Gasteiger partial charge in [0.15, 0.2) is 0 Å². The molecule has 1 aliphatic rings. The molecule has 6 nitrogen and oxygen atoms in total. The first-order valence-corrected chi connectivity index (χ1v) is 8.23. The van der Waals surface area contributed by atoms with E-state index in [1.54, 1.807) is 14.0 Å². The number of carbonyl (C=O) groups is 1. The molecule has 1 unspecified atom stereocenters. The second-order valence-corrected chi connectivity index (χ2v) is 6.28. The van der Waals surface area contributed by atoms with E-state index in [0.29, 0.717) is 19.4 Å². The SMILES string of the molecule is COc1ccc(C2=NOC(C)(C(=O)NCCc3ccc(C)o3)C2)cc1. The van der Waals surface area contributed by atoms with Crippen molar-refractivity contribution in [1.82, 2.24) is 5.32 Å². The van der Waals surface area contributed by atoms with Crippen LogP contribution in [0.2, 0.25) is 0 Å². The highest BCUT2D eigenvalue weighted by molar-refractivity contribution is 6.05. The quantitative estimate of drug-likeness (QED) is 0.876. The molecule has 1 atom stereocenters. The first-order valence-electron chi connectivity index (χ1n) is 8.23. The number of carbonyl (C=O) groups excluding carboxylic acids is 1. The average molecular weight is 342 g/mol. The summed E-state index contributed by atoms with van der Waals surface area (Å²) in [6.45, 7) is 4.13. The Morgan fingerprint density at radius 1 is 1.28 bits per heavy atom. The Morgan fingerprint density at radius 2 is 2.04 bits per heavy atom. The van der Waals surface area contributed by atoms with Crippen LogP contribution in [0.5, 0.6) is 5.75 Å². The molecule has 3 rings (SSSR count). The van der Waals surface area contributed by atoms with Crippen LogP contribution in [-0.2, 0) is 16.1 Å². The zero-order valence-electron chi connectivity index (χ0n) is 14.7. The van der Waals surface area contributed by atoms with E-state index in [2.05, 4.69) is 10.5 Å². The van der Waals surface area contributed by atoms with Crippen LogP contribution >= 0.6 is 0 Å². The molecule has 0 aliphatic carbocycles. The summed E-state index contributed by atoms with van der Waals surface area (Å²) in [4.78, 5) is 17.9. The molecule has 0 spiro atoms. The molecular formula is C19H22N2O4. The molecule has 0 radical (unpaired) electrons. The van der Waals surface area contributed by atoms with Crippen LogP contribution in [0.4, 0.5) is 0 Å². The normalized spacial score (nSPS) is 19.2. The Labute approximate surface area is 146 Å². The number of nitrogens with one attached hydrogen (secondary N) is 1. The van der Waals surface area contributed by atoms with Gasteiger partial charge in [-0.25, -0.2) is 0 Å². The summed E-state index contributed by atoms with van der Waals surface area (Å²) >= 11 is 0. The standard InChI is InChI=1S/C19H22N2O4/c1-13-4-7-16(24-13)10-11-20-18(22)19(2)12-17(21-25-19)14-5-8-15(23-3)9-6-14/h4-9H,10-12H2,1-3H3,(H,20,22). The van der Waals surface area contributed by atoms with Crippen LogP contribution in [0.1, 0.15) is 30.4 Å². The average Bonchev–Trinajstić information content (AvgIpc) is 3.22. The van der Waals surface area contributed by atoms with Crippen LogP contribution < -0.4 is 10.1 Å². The fourth-order valence-corrected chi connectivity index (χ4v) is 2.71. The van der Waals surface area contributed by atoms with Gasteiger partial charge >= 0.3 is 0 Å². The van der Waals surface area contributed by atoms with E-state index in [9.17, 15) is 4.79 Å². The van der Waals surface area contributed by atoms with Gasteiger partial charge in [-0.3, -0.25) is 4.79 Å². The van der Waals surface area contributed by atoms with Crippen molar-refractivity contribution in [3.05, 3.63) is 53.5 Å². The maximum atomic E-state index is 12.5. The lowest BCUT2D eigenvalue weighted by Gasteiger charge is -2.20. The van der Waals surface area contributed by atoms with Gasteiger partial charge in [-0.15, -0.1) is 0 Å². The lowest BCUT2D eigenvalue weighted by atomic mass is 9.95. The van der Waals surface area contributed by atoms with Crippen LogP contribution in [0.3, 0.4) is 0 Å². The summed E-state index contributed by atoms with van der Waals surface area (Å²) in [7, 11) is 1.62. The van der Waals surface area contributed by atoms with Gasteiger partial charge in [-0.2, -0.15) is 0 Å². The third-order valence-corrected chi connectivity index (χ3v) is 4.22. The van der Waals surface area contributed by atoms with Crippen LogP contribution in [0, 0.1) is 6.92 Å². The molecule has 0 saturated heterocycles. The minimum Gasteiger partial charge on any atom is -0.497 e. The monoisotopic (exact) mass is 342 g/mol. The van der Waals surface area contributed by atoms with Crippen LogP contribution in [0.15, 0.2) is 46.0 Å². The molecule has 2 aromatic rings. The molecule has 1 aromatic carbocycles. The fourth-order valence-electron chi connectivity index (χ4n) is 2.71. The van der Waals surface area contributed by atoms with Crippen molar-refractivity contribution in [1.29, 1.82) is 0 Å². The molecule has 1 aromatic heterocycles. The molecule has 1 N–H and O–H groups in total. The number of aryl methyl sites for hydroxylation is 1. The van der Waals surface area contributed by atoms with Crippen molar-refractivity contribution in [3.8, 4) is 5.75 Å². The van der Waals surface area contributed by atoms with Crippen molar-refractivity contribution >= 4 is 11.6 Å². The smallest absolute Gasteiger partial charge is 0.267 e. The maximum Gasteiger partial charge on any atom is 0.267 e. The van der Waals surface area contributed by atoms with Crippen molar-refractivity contribution in [2.24, 2.45) is 5.16 Å². The van der Waals surface area contributed by atoms with Gasteiger partial charge in [0.2, 0.25) is 5.60 Å². The fraction of sp³-hybridized carbons (Fsp3) is 0.368. The topological polar surface area (TPSA) is 73.1 Å². The minimum atomic E-state index is -0.992. The maximum absolute atomic E-state index is 12.5. The predicted molar refractivity (Wildman–Crippen MR) is 93.8 cm³/mol. The Hall–Kier alpha value is -2.76. The highest BCUT2D eigenvalue weighted by atomic mass is 16.7. The zero-order chi connectivity index (χ0) is 17.9. The number of furan rings is 1. The third kappa shape index (κ3) is 3.84. The number of benzene rings is 1. The molecule has 1 aliphatic heterocycles. The minimum absolute atomic E-state index is 0.178. The van der Waals surface area contributed by atoms with Crippen LogP contribution in [0.25, 0.3) is 0 Å². The number of amides is 1. The highest BCUT2D eigenvalue weighted by Gasteiger charge is 2.42. The lowest BCUT2D eigenvalue weighted by molar-refractivity contribution is -0.141.